The van der Waals surface area contributed by atoms with Crippen LogP contribution in [0.25, 0.3) is 11.1 Å². The molecular formula is C16H22N2O3. The zero-order chi connectivity index (χ0) is 14.7. The Morgan fingerprint density at radius 2 is 2.29 bits per heavy atom. The fraction of sp³-hybridized carbons (Fsp3) is 0.562. The Morgan fingerprint density at radius 1 is 1.43 bits per heavy atom. The van der Waals surface area contributed by atoms with Gasteiger partial charge in [-0.3, -0.25) is 4.79 Å². The van der Waals surface area contributed by atoms with Crippen molar-refractivity contribution in [3.8, 4) is 0 Å². The third kappa shape index (κ3) is 3.29. The molecule has 1 aliphatic rings. The summed E-state index contributed by atoms with van der Waals surface area (Å²) in [5.74, 6) is 0.300. The van der Waals surface area contributed by atoms with Gasteiger partial charge in [-0.05, 0) is 31.6 Å². The molecule has 3 rings (SSSR count). The molecule has 5 nitrogen and oxygen atoms in total. The second-order valence-electron chi connectivity index (χ2n) is 5.89. The van der Waals surface area contributed by atoms with E-state index in [9.17, 15) is 9.90 Å². The van der Waals surface area contributed by atoms with E-state index in [-0.39, 0.29) is 12.0 Å². The van der Waals surface area contributed by atoms with Crippen LogP contribution in [-0.4, -0.2) is 28.6 Å². The molecule has 2 aromatic heterocycles. The largest absolute Gasteiger partial charge is 0.463 e. The summed E-state index contributed by atoms with van der Waals surface area (Å²) in [5.41, 5.74) is 2.07. The van der Waals surface area contributed by atoms with Crippen molar-refractivity contribution in [1.29, 1.82) is 0 Å². The van der Waals surface area contributed by atoms with Crippen LogP contribution in [0.5, 0.6) is 0 Å². The molecule has 2 aromatic rings. The topological polar surface area (TPSA) is 78.3 Å². The van der Waals surface area contributed by atoms with Gasteiger partial charge in [0.2, 0.25) is 0 Å². The van der Waals surface area contributed by atoms with Crippen molar-refractivity contribution in [2.24, 2.45) is 5.92 Å². The van der Waals surface area contributed by atoms with Crippen molar-refractivity contribution >= 4 is 17.0 Å². The normalized spacial score (nSPS) is 22.5. The lowest BCUT2D eigenvalue weighted by Gasteiger charge is -2.27. The summed E-state index contributed by atoms with van der Waals surface area (Å²) in [4.78, 5) is 15.0. The van der Waals surface area contributed by atoms with Gasteiger partial charge < -0.3 is 19.8 Å². The first-order valence-electron chi connectivity index (χ1n) is 7.76. The van der Waals surface area contributed by atoms with Crippen LogP contribution < -0.4 is 5.32 Å². The molecule has 1 fully saturated rings. The molecule has 1 saturated carbocycles. The summed E-state index contributed by atoms with van der Waals surface area (Å²) in [7, 11) is 0. The molecule has 2 heterocycles. The molecule has 2 atom stereocenters. The predicted molar refractivity (Wildman–Crippen MR) is 80.1 cm³/mol. The maximum Gasteiger partial charge on any atom is 0.267 e. The van der Waals surface area contributed by atoms with Gasteiger partial charge in [0, 0.05) is 18.7 Å². The predicted octanol–water partition coefficient (Wildman–Crippen LogP) is 2.82. The molecule has 2 unspecified atom stereocenters. The number of amides is 1. The molecule has 0 spiro atoms. The van der Waals surface area contributed by atoms with Gasteiger partial charge >= 0.3 is 0 Å². The Hall–Kier alpha value is -1.75. The molecule has 0 radical (unpaired) electrons. The molecule has 1 amide bonds. The molecule has 0 saturated heterocycles. The van der Waals surface area contributed by atoms with E-state index in [1.807, 2.05) is 0 Å². The quantitative estimate of drug-likeness (QED) is 0.741. The van der Waals surface area contributed by atoms with Crippen LogP contribution in [0.2, 0.25) is 0 Å². The van der Waals surface area contributed by atoms with E-state index < -0.39 is 0 Å². The van der Waals surface area contributed by atoms with Crippen LogP contribution in [0.3, 0.4) is 0 Å². The summed E-state index contributed by atoms with van der Waals surface area (Å²) in [6, 6.07) is 3.52. The molecule has 5 heteroatoms. The summed E-state index contributed by atoms with van der Waals surface area (Å²) in [5, 5.41) is 12.8. The summed E-state index contributed by atoms with van der Waals surface area (Å²) < 4.78 is 5.23. The average molecular weight is 290 g/mol. The Bertz CT molecular complexity index is 573. The van der Waals surface area contributed by atoms with Crippen LogP contribution in [-0.2, 0) is 0 Å². The number of aromatic nitrogens is 1. The van der Waals surface area contributed by atoms with Crippen molar-refractivity contribution < 1.29 is 14.3 Å². The Balaban J connectivity index is 1.42. The summed E-state index contributed by atoms with van der Waals surface area (Å²) >= 11 is 0. The van der Waals surface area contributed by atoms with Gasteiger partial charge in [-0.1, -0.05) is 12.8 Å². The minimum Gasteiger partial charge on any atom is -0.463 e. The highest BCUT2D eigenvalue weighted by molar-refractivity contribution is 5.96. The van der Waals surface area contributed by atoms with Gasteiger partial charge in [0.1, 0.15) is 5.69 Å². The fourth-order valence-electron chi connectivity index (χ4n) is 3.16. The third-order valence-electron chi connectivity index (χ3n) is 4.39. The van der Waals surface area contributed by atoms with Crippen LogP contribution in [0.1, 0.15) is 49.0 Å². The lowest BCUT2D eigenvalue weighted by atomic mass is 9.83. The molecule has 0 aromatic carbocycles. The fourth-order valence-corrected chi connectivity index (χ4v) is 3.16. The third-order valence-corrected chi connectivity index (χ3v) is 4.39. The maximum atomic E-state index is 12.0. The zero-order valence-electron chi connectivity index (χ0n) is 12.1. The van der Waals surface area contributed by atoms with Crippen LogP contribution in [0, 0.1) is 5.92 Å². The zero-order valence-corrected chi connectivity index (χ0v) is 12.1. The second kappa shape index (κ2) is 6.35. The lowest BCUT2D eigenvalue weighted by molar-refractivity contribution is 0.0641. The average Bonchev–Trinajstić information content (AvgIpc) is 3.06. The minimum absolute atomic E-state index is 0.106. The number of hydrogen-bond donors (Lipinski definition) is 3. The Morgan fingerprint density at radius 3 is 3.10 bits per heavy atom. The number of furan rings is 1. The van der Waals surface area contributed by atoms with Crippen LogP contribution >= 0.6 is 0 Å². The number of aliphatic hydroxyl groups excluding tert-OH is 1. The van der Waals surface area contributed by atoms with Crippen molar-refractivity contribution in [1.82, 2.24) is 10.3 Å². The second-order valence-corrected chi connectivity index (χ2v) is 5.89. The van der Waals surface area contributed by atoms with Gasteiger partial charge in [0.05, 0.1) is 17.9 Å². The summed E-state index contributed by atoms with van der Waals surface area (Å²) in [6.07, 6.45) is 7.74. The molecule has 0 aliphatic heterocycles. The number of fused-ring (bicyclic) bond motifs is 1. The number of aromatic amines is 1. The smallest absolute Gasteiger partial charge is 0.267 e. The number of carbonyl (C=O) groups is 1. The van der Waals surface area contributed by atoms with E-state index in [1.54, 1.807) is 18.4 Å². The van der Waals surface area contributed by atoms with E-state index in [1.165, 1.54) is 6.42 Å². The van der Waals surface area contributed by atoms with Gasteiger partial charge in [-0.2, -0.15) is 0 Å². The number of rotatable bonds is 5. The van der Waals surface area contributed by atoms with Gasteiger partial charge in [-0.25, -0.2) is 0 Å². The number of hydrogen-bond acceptors (Lipinski definition) is 3. The van der Waals surface area contributed by atoms with Crippen LogP contribution in [0.15, 0.2) is 22.8 Å². The van der Waals surface area contributed by atoms with E-state index >= 15 is 0 Å². The van der Waals surface area contributed by atoms with E-state index in [4.69, 9.17) is 4.42 Å². The first kappa shape index (κ1) is 14.2. The molecular weight excluding hydrogens is 268 g/mol. The number of carbonyl (C=O) groups excluding carboxylic acids is 1. The van der Waals surface area contributed by atoms with Gasteiger partial charge in [-0.15, -0.1) is 0 Å². The van der Waals surface area contributed by atoms with Gasteiger partial charge in [0.25, 0.3) is 5.91 Å². The van der Waals surface area contributed by atoms with Crippen molar-refractivity contribution in [2.45, 2.75) is 44.6 Å². The number of nitrogens with one attached hydrogen (secondary N) is 2. The lowest BCUT2D eigenvalue weighted by Crippen LogP contribution is -2.28. The first-order valence-corrected chi connectivity index (χ1v) is 7.76. The summed E-state index contributed by atoms with van der Waals surface area (Å²) in [6.45, 7) is 0.641. The monoisotopic (exact) mass is 290 g/mol. The van der Waals surface area contributed by atoms with Crippen molar-refractivity contribution in [3.63, 3.8) is 0 Å². The highest BCUT2D eigenvalue weighted by Crippen LogP contribution is 2.27. The molecule has 1 aliphatic carbocycles. The molecule has 21 heavy (non-hydrogen) atoms. The highest BCUT2D eigenvalue weighted by Gasteiger charge is 2.22. The standard InChI is InChI=1S/C16H22N2O3/c19-14-6-2-1-4-11(14)5-3-8-17-16(20)13-10-15-12(18-13)7-9-21-15/h7,9-11,14,18-19H,1-6,8H2,(H,17,20). The maximum absolute atomic E-state index is 12.0. The highest BCUT2D eigenvalue weighted by atomic mass is 16.3. The molecule has 114 valence electrons. The number of H-pyrrole nitrogens is 1. The van der Waals surface area contributed by atoms with Crippen molar-refractivity contribution in [3.05, 3.63) is 24.1 Å². The Kier molecular flexibility index (Phi) is 4.29. The van der Waals surface area contributed by atoms with Crippen molar-refractivity contribution in [2.75, 3.05) is 6.54 Å². The molecule has 3 N–H and O–H groups in total. The Labute approximate surface area is 123 Å². The number of aliphatic hydroxyl groups is 1. The van der Waals surface area contributed by atoms with E-state index in [2.05, 4.69) is 10.3 Å². The SMILES string of the molecule is O=C(NCCCC1CCCCC1O)c1cc2occc2[nH]1. The minimum atomic E-state index is -0.148. The van der Waals surface area contributed by atoms with Gasteiger partial charge in [0.15, 0.2) is 5.58 Å². The first-order chi connectivity index (χ1) is 10.2. The van der Waals surface area contributed by atoms with E-state index in [0.717, 1.165) is 37.6 Å². The molecule has 0 bridgehead atoms. The van der Waals surface area contributed by atoms with Crippen LogP contribution in [0.4, 0.5) is 0 Å². The van der Waals surface area contributed by atoms with E-state index in [0.29, 0.717) is 23.7 Å².